The zero-order chi connectivity index (χ0) is 15.6. The molecule has 1 aromatic rings. The Morgan fingerprint density at radius 3 is 2.36 bits per heavy atom. The Morgan fingerprint density at radius 1 is 1.32 bits per heavy atom. The molecule has 1 aromatic carbocycles. The topological polar surface area (TPSA) is 92.5 Å². The summed E-state index contributed by atoms with van der Waals surface area (Å²) in [7, 11) is 0. The molecule has 0 atom stereocenters. The van der Waals surface area contributed by atoms with E-state index in [9.17, 15) is 14.4 Å². The number of halogens is 1. The number of anilines is 1. The predicted octanol–water partition coefficient (Wildman–Crippen LogP) is 1.98. The maximum Gasteiger partial charge on any atom is 0.289 e. The van der Waals surface area contributed by atoms with Gasteiger partial charge in [0.05, 0.1) is 17.8 Å². The number of hydrogen-bond donors (Lipinski definition) is 2. The highest BCUT2D eigenvalue weighted by Gasteiger charge is 2.29. The molecule has 0 saturated carbocycles. The molecule has 1 saturated heterocycles. The van der Waals surface area contributed by atoms with Gasteiger partial charge >= 0.3 is 0 Å². The Morgan fingerprint density at radius 2 is 1.91 bits per heavy atom. The van der Waals surface area contributed by atoms with Gasteiger partial charge < -0.3 is 11.1 Å². The summed E-state index contributed by atoms with van der Waals surface area (Å²) in [5.74, 6) is -0.248. The van der Waals surface area contributed by atoms with Crippen molar-refractivity contribution in [2.24, 2.45) is 5.73 Å². The van der Waals surface area contributed by atoms with Crippen LogP contribution in [0.15, 0.2) is 24.3 Å². The summed E-state index contributed by atoms with van der Waals surface area (Å²) in [4.78, 5) is 36.0. The van der Waals surface area contributed by atoms with Crippen LogP contribution in [0.2, 0.25) is 0 Å². The average molecular weight is 344 g/mol. The Labute approximate surface area is 139 Å². The van der Waals surface area contributed by atoms with Crippen molar-refractivity contribution < 1.29 is 14.4 Å². The van der Waals surface area contributed by atoms with Crippen LogP contribution in [0.1, 0.15) is 19.4 Å². The van der Waals surface area contributed by atoms with Gasteiger partial charge in [0.2, 0.25) is 11.8 Å². The average Bonchev–Trinajstić information content (AvgIpc) is 2.71. The van der Waals surface area contributed by atoms with E-state index in [-0.39, 0.29) is 41.8 Å². The highest BCUT2D eigenvalue weighted by atomic mass is 35.5. The number of nitrogens with one attached hydrogen (secondary N) is 1. The van der Waals surface area contributed by atoms with Gasteiger partial charge in [-0.05, 0) is 31.5 Å². The van der Waals surface area contributed by atoms with Crippen molar-refractivity contribution in [1.82, 2.24) is 4.90 Å². The molecule has 0 bridgehead atoms. The van der Waals surface area contributed by atoms with Crippen LogP contribution in [0.3, 0.4) is 0 Å². The molecular formula is C14H18ClN3O3S. The molecule has 8 heteroatoms. The summed E-state index contributed by atoms with van der Waals surface area (Å²) >= 11 is 1.01. The number of nitrogens with zero attached hydrogens (tertiary/aromatic N) is 1. The van der Waals surface area contributed by atoms with E-state index in [4.69, 9.17) is 5.73 Å². The number of thioether (sulfide) groups is 1. The van der Waals surface area contributed by atoms with Crippen molar-refractivity contribution in [3.63, 3.8) is 0 Å². The van der Waals surface area contributed by atoms with Crippen LogP contribution in [0, 0.1) is 0 Å². The van der Waals surface area contributed by atoms with Gasteiger partial charge in [-0.1, -0.05) is 23.9 Å². The van der Waals surface area contributed by atoms with E-state index in [1.165, 1.54) is 4.90 Å². The third-order valence-electron chi connectivity index (χ3n) is 2.98. The van der Waals surface area contributed by atoms with E-state index in [2.05, 4.69) is 5.32 Å². The smallest absolute Gasteiger partial charge is 0.289 e. The molecule has 0 aromatic heterocycles. The van der Waals surface area contributed by atoms with Crippen LogP contribution in [0.5, 0.6) is 0 Å². The maximum absolute atomic E-state index is 11.7. The second kappa shape index (κ2) is 7.13. The number of carbonyl (C=O) groups excluding carboxylic acids is 3. The van der Waals surface area contributed by atoms with Crippen molar-refractivity contribution in [1.29, 1.82) is 0 Å². The van der Waals surface area contributed by atoms with Crippen molar-refractivity contribution in [2.75, 3.05) is 11.1 Å². The highest BCUT2D eigenvalue weighted by molar-refractivity contribution is 8.14. The van der Waals surface area contributed by atoms with Crippen LogP contribution < -0.4 is 11.1 Å². The fraction of sp³-hybridized carbons (Fsp3) is 0.357. The molecule has 0 unspecified atom stereocenters. The number of imide groups is 1. The lowest BCUT2D eigenvalue weighted by Gasteiger charge is -2.18. The molecular weight excluding hydrogens is 326 g/mol. The molecule has 3 amide bonds. The zero-order valence-electron chi connectivity index (χ0n) is 12.3. The molecule has 1 aliphatic rings. The summed E-state index contributed by atoms with van der Waals surface area (Å²) in [5, 5.41) is 2.48. The first-order valence-electron chi connectivity index (χ1n) is 6.44. The molecule has 0 radical (unpaired) electrons. The van der Waals surface area contributed by atoms with Crippen molar-refractivity contribution in [3.05, 3.63) is 29.8 Å². The van der Waals surface area contributed by atoms with E-state index < -0.39 is 5.54 Å². The molecule has 0 spiro atoms. The quantitative estimate of drug-likeness (QED) is 0.872. The first-order valence-corrected chi connectivity index (χ1v) is 7.42. The van der Waals surface area contributed by atoms with Crippen molar-refractivity contribution in [3.8, 4) is 0 Å². The minimum Gasteiger partial charge on any atom is -0.325 e. The van der Waals surface area contributed by atoms with Crippen LogP contribution in [-0.2, 0) is 16.1 Å². The number of amides is 3. The SMILES string of the molecule is CC(C)(N)C(=O)Nc1ccc(CN2C(=O)CSC2=O)cc1.Cl. The molecule has 1 heterocycles. The maximum atomic E-state index is 11.7. The van der Waals surface area contributed by atoms with Crippen LogP contribution in [0.25, 0.3) is 0 Å². The minimum atomic E-state index is -0.954. The fourth-order valence-corrected chi connectivity index (χ4v) is 2.43. The molecule has 1 aliphatic heterocycles. The number of benzene rings is 1. The number of rotatable bonds is 4. The summed E-state index contributed by atoms with van der Waals surface area (Å²) in [6, 6.07) is 6.97. The monoisotopic (exact) mass is 343 g/mol. The lowest BCUT2D eigenvalue weighted by atomic mass is 10.1. The van der Waals surface area contributed by atoms with Crippen LogP contribution in [-0.4, -0.2) is 33.2 Å². The van der Waals surface area contributed by atoms with Gasteiger partial charge in [0.1, 0.15) is 0 Å². The molecule has 0 aliphatic carbocycles. The van der Waals surface area contributed by atoms with E-state index in [1.807, 2.05) is 0 Å². The fourth-order valence-electron chi connectivity index (χ4n) is 1.70. The molecule has 1 fully saturated rings. The Bertz CT molecular complexity index is 568. The largest absolute Gasteiger partial charge is 0.325 e. The second-order valence-electron chi connectivity index (χ2n) is 5.41. The Balaban J connectivity index is 0.00000242. The summed E-state index contributed by atoms with van der Waals surface area (Å²) in [6.45, 7) is 3.50. The molecule has 22 heavy (non-hydrogen) atoms. The summed E-state index contributed by atoms with van der Waals surface area (Å²) in [6.07, 6.45) is 0. The molecule has 6 nitrogen and oxygen atoms in total. The lowest BCUT2D eigenvalue weighted by molar-refractivity contribution is -0.125. The summed E-state index contributed by atoms with van der Waals surface area (Å²) in [5.41, 5.74) is 6.19. The third-order valence-corrected chi connectivity index (χ3v) is 3.84. The van der Waals surface area contributed by atoms with Gasteiger partial charge in [-0.3, -0.25) is 19.3 Å². The van der Waals surface area contributed by atoms with E-state index >= 15 is 0 Å². The van der Waals surface area contributed by atoms with Gasteiger partial charge in [-0.15, -0.1) is 12.4 Å². The van der Waals surface area contributed by atoms with Crippen LogP contribution in [0.4, 0.5) is 10.5 Å². The standard InChI is InChI=1S/C14H17N3O3S.ClH/c1-14(2,15)12(19)16-10-5-3-9(4-6-10)7-17-11(18)8-21-13(17)20;/h3-6H,7-8,15H2,1-2H3,(H,16,19);1H. The van der Waals surface area contributed by atoms with Gasteiger partial charge in [0.15, 0.2) is 0 Å². The normalized spacial score (nSPS) is 14.8. The van der Waals surface area contributed by atoms with Gasteiger partial charge in [0.25, 0.3) is 5.24 Å². The first-order chi connectivity index (χ1) is 9.77. The van der Waals surface area contributed by atoms with Gasteiger partial charge in [0, 0.05) is 5.69 Å². The Hall–Kier alpha value is -1.57. The summed E-state index contributed by atoms with van der Waals surface area (Å²) < 4.78 is 0. The van der Waals surface area contributed by atoms with Gasteiger partial charge in [-0.2, -0.15) is 0 Å². The molecule has 2 rings (SSSR count). The number of nitrogens with two attached hydrogens (primary N) is 1. The molecule has 120 valence electrons. The van der Waals surface area contributed by atoms with Gasteiger partial charge in [-0.25, -0.2) is 0 Å². The lowest BCUT2D eigenvalue weighted by Crippen LogP contribution is -2.45. The predicted molar refractivity (Wildman–Crippen MR) is 89.0 cm³/mol. The van der Waals surface area contributed by atoms with E-state index in [0.29, 0.717) is 5.69 Å². The zero-order valence-corrected chi connectivity index (χ0v) is 13.9. The van der Waals surface area contributed by atoms with E-state index in [1.54, 1.807) is 38.1 Å². The minimum absolute atomic E-state index is 0. The number of carbonyl (C=O) groups is 3. The molecule has 3 N–H and O–H groups in total. The van der Waals surface area contributed by atoms with Crippen molar-refractivity contribution in [2.45, 2.75) is 25.9 Å². The number of hydrogen-bond acceptors (Lipinski definition) is 5. The first kappa shape index (κ1) is 18.5. The third kappa shape index (κ3) is 4.46. The second-order valence-corrected chi connectivity index (χ2v) is 6.33. The van der Waals surface area contributed by atoms with Crippen LogP contribution >= 0.6 is 24.2 Å². The van der Waals surface area contributed by atoms with E-state index in [0.717, 1.165) is 17.3 Å². The Kier molecular flexibility index (Phi) is 5.99. The highest BCUT2D eigenvalue weighted by Crippen LogP contribution is 2.22. The van der Waals surface area contributed by atoms with Crippen molar-refractivity contribution >= 4 is 46.9 Å².